The lowest BCUT2D eigenvalue weighted by atomic mass is 10.0. The summed E-state index contributed by atoms with van der Waals surface area (Å²) in [5, 5.41) is 13.8. The molecular weight excluding hydrogens is 330 g/mol. The molecule has 0 aromatic rings. The standard InChI is InChI=1S/C15H29N5O5/c1-8(2)12(18)14(23)19-9(5-3-4-6-16)13(22)20-10(15(24)25)7-11(17)21/h8-10,12H,3-7,16,18H2,1-2H3,(H2,17,21)(H,19,23)(H,20,22)(H,24,25)/t9-,10-,12-/m0/s1. The van der Waals surface area contributed by atoms with E-state index in [9.17, 15) is 19.2 Å². The first kappa shape index (κ1) is 22.8. The molecule has 0 unspecified atom stereocenters. The first-order chi connectivity index (χ1) is 11.6. The van der Waals surface area contributed by atoms with E-state index in [4.69, 9.17) is 22.3 Å². The topological polar surface area (TPSA) is 191 Å². The second-order valence-corrected chi connectivity index (χ2v) is 6.19. The number of primary amides is 1. The van der Waals surface area contributed by atoms with Crippen molar-refractivity contribution in [2.45, 2.75) is 57.7 Å². The molecule has 0 aliphatic rings. The molecule has 3 atom stereocenters. The average molecular weight is 359 g/mol. The van der Waals surface area contributed by atoms with Crippen LogP contribution >= 0.6 is 0 Å². The number of carboxylic acids is 1. The van der Waals surface area contributed by atoms with Gasteiger partial charge in [0.15, 0.2) is 0 Å². The van der Waals surface area contributed by atoms with Crippen molar-refractivity contribution >= 4 is 23.7 Å². The summed E-state index contributed by atoms with van der Waals surface area (Å²) in [6.07, 6.45) is 0.914. The molecule has 25 heavy (non-hydrogen) atoms. The number of rotatable bonds is 12. The van der Waals surface area contributed by atoms with E-state index in [-0.39, 0.29) is 12.3 Å². The monoisotopic (exact) mass is 359 g/mol. The third-order valence-corrected chi connectivity index (χ3v) is 3.62. The maximum atomic E-state index is 12.3. The van der Waals surface area contributed by atoms with Gasteiger partial charge in [0.2, 0.25) is 17.7 Å². The number of carbonyl (C=O) groups is 4. The smallest absolute Gasteiger partial charge is 0.326 e. The van der Waals surface area contributed by atoms with Gasteiger partial charge in [-0.05, 0) is 31.7 Å². The lowest BCUT2D eigenvalue weighted by Gasteiger charge is -2.23. The van der Waals surface area contributed by atoms with Crippen molar-refractivity contribution in [2.24, 2.45) is 23.1 Å². The number of carbonyl (C=O) groups excluding carboxylic acids is 3. The molecule has 0 aliphatic heterocycles. The van der Waals surface area contributed by atoms with Gasteiger partial charge in [-0.15, -0.1) is 0 Å². The van der Waals surface area contributed by atoms with E-state index < -0.39 is 48.2 Å². The molecule has 10 heteroatoms. The summed E-state index contributed by atoms with van der Waals surface area (Å²) in [5.74, 6) is -3.61. The molecule has 0 aliphatic carbocycles. The summed E-state index contributed by atoms with van der Waals surface area (Å²) >= 11 is 0. The highest BCUT2D eigenvalue weighted by molar-refractivity contribution is 5.93. The van der Waals surface area contributed by atoms with E-state index in [1.807, 2.05) is 0 Å². The van der Waals surface area contributed by atoms with Gasteiger partial charge in [0.1, 0.15) is 12.1 Å². The highest BCUT2D eigenvalue weighted by atomic mass is 16.4. The van der Waals surface area contributed by atoms with Crippen LogP contribution in [0.25, 0.3) is 0 Å². The van der Waals surface area contributed by atoms with Crippen LogP contribution < -0.4 is 27.8 Å². The van der Waals surface area contributed by atoms with Crippen molar-refractivity contribution in [3.63, 3.8) is 0 Å². The molecule has 9 N–H and O–H groups in total. The Hall–Kier alpha value is -2.20. The van der Waals surface area contributed by atoms with Crippen LogP contribution in [0.4, 0.5) is 0 Å². The molecule has 0 aromatic heterocycles. The Labute approximate surface area is 146 Å². The van der Waals surface area contributed by atoms with Crippen LogP contribution in [0.15, 0.2) is 0 Å². The summed E-state index contributed by atoms with van der Waals surface area (Å²) in [5.41, 5.74) is 16.2. The number of unbranched alkanes of at least 4 members (excludes halogenated alkanes) is 1. The number of amides is 3. The first-order valence-electron chi connectivity index (χ1n) is 8.17. The van der Waals surface area contributed by atoms with Gasteiger partial charge < -0.3 is 32.9 Å². The van der Waals surface area contributed by atoms with Crippen LogP contribution in [0.1, 0.15) is 39.5 Å². The maximum absolute atomic E-state index is 12.3. The number of hydrogen-bond donors (Lipinski definition) is 6. The zero-order valence-electron chi connectivity index (χ0n) is 14.7. The Morgan fingerprint density at radius 2 is 1.56 bits per heavy atom. The molecule has 0 rings (SSSR count). The molecule has 0 spiro atoms. The molecule has 144 valence electrons. The third-order valence-electron chi connectivity index (χ3n) is 3.62. The molecule has 0 fully saturated rings. The van der Waals surface area contributed by atoms with Crippen molar-refractivity contribution in [1.29, 1.82) is 0 Å². The van der Waals surface area contributed by atoms with Gasteiger partial charge >= 0.3 is 5.97 Å². The predicted octanol–water partition coefficient (Wildman–Crippen LogP) is -1.97. The lowest BCUT2D eigenvalue weighted by molar-refractivity contribution is -0.143. The van der Waals surface area contributed by atoms with Gasteiger partial charge in [-0.25, -0.2) is 4.79 Å². The molecule has 0 aromatic carbocycles. The zero-order valence-corrected chi connectivity index (χ0v) is 14.7. The minimum atomic E-state index is -1.46. The predicted molar refractivity (Wildman–Crippen MR) is 91.0 cm³/mol. The maximum Gasteiger partial charge on any atom is 0.326 e. The SMILES string of the molecule is CC(C)[C@H](N)C(=O)N[C@@H](CCCCN)C(=O)N[C@@H](CC(N)=O)C(=O)O. The van der Waals surface area contributed by atoms with E-state index in [1.165, 1.54) is 0 Å². The van der Waals surface area contributed by atoms with Crippen LogP contribution in [-0.2, 0) is 19.2 Å². The highest BCUT2D eigenvalue weighted by Crippen LogP contribution is 2.05. The zero-order chi connectivity index (χ0) is 19.6. The van der Waals surface area contributed by atoms with E-state index >= 15 is 0 Å². The normalized spacial score (nSPS) is 14.4. The van der Waals surface area contributed by atoms with Crippen molar-refractivity contribution < 1.29 is 24.3 Å². The van der Waals surface area contributed by atoms with Gasteiger partial charge in [-0.1, -0.05) is 13.8 Å². The Morgan fingerprint density at radius 3 is 2.00 bits per heavy atom. The molecule has 0 saturated carbocycles. The van der Waals surface area contributed by atoms with Crippen molar-refractivity contribution in [2.75, 3.05) is 6.54 Å². The van der Waals surface area contributed by atoms with E-state index in [1.54, 1.807) is 13.8 Å². The Kier molecular flexibility index (Phi) is 10.4. The Balaban J connectivity index is 5.04. The Morgan fingerprint density at radius 1 is 1.00 bits per heavy atom. The minimum absolute atomic E-state index is 0.130. The molecular formula is C15H29N5O5. The second-order valence-electron chi connectivity index (χ2n) is 6.19. The van der Waals surface area contributed by atoms with Gasteiger partial charge in [-0.2, -0.15) is 0 Å². The van der Waals surface area contributed by atoms with Crippen molar-refractivity contribution in [3.8, 4) is 0 Å². The van der Waals surface area contributed by atoms with Gasteiger partial charge in [-0.3, -0.25) is 14.4 Å². The minimum Gasteiger partial charge on any atom is -0.480 e. The molecule has 10 nitrogen and oxygen atoms in total. The van der Waals surface area contributed by atoms with Gasteiger partial charge in [0.05, 0.1) is 12.5 Å². The summed E-state index contributed by atoms with van der Waals surface area (Å²) in [6.45, 7) is 3.95. The second kappa shape index (κ2) is 11.4. The van der Waals surface area contributed by atoms with E-state index in [2.05, 4.69) is 10.6 Å². The van der Waals surface area contributed by atoms with Crippen LogP contribution in [-0.4, -0.2) is 53.5 Å². The number of hydrogen-bond acceptors (Lipinski definition) is 6. The number of nitrogens with two attached hydrogens (primary N) is 3. The molecule has 0 radical (unpaired) electrons. The highest BCUT2D eigenvalue weighted by Gasteiger charge is 2.29. The largest absolute Gasteiger partial charge is 0.480 e. The Bertz CT molecular complexity index is 483. The molecule has 3 amide bonds. The van der Waals surface area contributed by atoms with Gasteiger partial charge in [0, 0.05) is 0 Å². The van der Waals surface area contributed by atoms with Crippen LogP contribution in [0, 0.1) is 5.92 Å². The summed E-state index contributed by atoms with van der Waals surface area (Å²) in [7, 11) is 0. The number of aliphatic carboxylic acids is 1. The molecule has 0 saturated heterocycles. The van der Waals surface area contributed by atoms with Gasteiger partial charge in [0.25, 0.3) is 0 Å². The van der Waals surface area contributed by atoms with Crippen molar-refractivity contribution in [3.05, 3.63) is 0 Å². The van der Waals surface area contributed by atoms with Crippen LogP contribution in [0.3, 0.4) is 0 Å². The number of carboxylic acid groups (broad SMARTS) is 1. The first-order valence-corrected chi connectivity index (χ1v) is 8.17. The summed E-state index contributed by atoms with van der Waals surface area (Å²) in [6, 6.07) is -3.23. The molecule has 0 heterocycles. The van der Waals surface area contributed by atoms with E-state index in [0.29, 0.717) is 19.4 Å². The number of nitrogens with one attached hydrogen (secondary N) is 2. The fraction of sp³-hybridized carbons (Fsp3) is 0.733. The van der Waals surface area contributed by atoms with Crippen molar-refractivity contribution in [1.82, 2.24) is 10.6 Å². The average Bonchev–Trinajstić information content (AvgIpc) is 2.51. The lowest BCUT2D eigenvalue weighted by Crippen LogP contribution is -2.55. The third kappa shape index (κ3) is 9.01. The quantitative estimate of drug-likeness (QED) is 0.218. The molecule has 0 bridgehead atoms. The summed E-state index contributed by atoms with van der Waals surface area (Å²) in [4.78, 5) is 46.5. The summed E-state index contributed by atoms with van der Waals surface area (Å²) < 4.78 is 0. The van der Waals surface area contributed by atoms with Crippen LogP contribution in [0.5, 0.6) is 0 Å². The fourth-order valence-corrected chi connectivity index (χ4v) is 2.01. The fourth-order valence-electron chi connectivity index (χ4n) is 2.01. The van der Waals surface area contributed by atoms with Crippen LogP contribution in [0.2, 0.25) is 0 Å². The van der Waals surface area contributed by atoms with E-state index in [0.717, 1.165) is 0 Å².